The van der Waals surface area contributed by atoms with Crippen molar-refractivity contribution in [3.8, 4) is 0 Å². The van der Waals surface area contributed by atoms with Crippen LogP contribution in [0.2, 0.25) is 0 Å². The highest BCUT2D eigenvalue weighted by atomic mass is 16.7. The van der Waals surface area contributed by atoms with Gasteiger partial charge in [0.1, 0.15) is 6.29 Å². The second kappa shape index (κ2) is 2.09. The maximum atomic E-state index is 10.6. The third-order valence-corrected chi connectivity index (χ3v) is 3.50. The van der Waals surface area contributed by atoms with Crippen molar-refractivity contribution >= 4 is 6.29 Å². The van der Waals surface area contributed by atoms with E-state index in [4.69, 9.17) is 9.47 Å². The molecule has 1 spiro atoms. The zero-order valence-corrected chi connectivity index (χ0v) is 6.86. The molecule has 0 aromatic heterocycles. The number of carbonyl (C=O) groups is 1. The summed E-state index contributed by atoms with van der Waals surface area (Å²) in [6.07, 6.45) is 3.17. The molecule has 12 heavy (non-hydrogen) atoms. The quantitative estimate of drug-likeness (QED) is 0.537. The van der Waals surface area contributed by atoms with Crippen LogP contribution < -0.4 is 0 Å². The third-order valence-electron chi connectivity index (χ3n) is 3.50. The van der Waals surface area contributed by atoms with Gasteiger partial charge in [0.2, 0.25) is 0 Å². The number of hydrogen-bond acceptors (Lipinski definition) is 3. The van der Waals surface area contributed by atoms with Gasteiger partial charge in [-0.1, -0.05) is 0 Å². The zero-order valence-electron chi connectivity index (χ0n) is 6.86. The van der Waals surface area contributed by atoms with E-state index in [1.807, 2.05) is 0 Å². The predicted octanol–water partition coefficient (Wildman–Crippen LogP) is 0.584. The number of hydrogen-bond donors (Lipinski definition) is 0. The molecule has 3 fully saturated rings. The summed E-state index contributed by atoms with van der Waals surface area (Å²) in [6.45, 7) is 1.41. The van der Waals surface area contributed by atoms with Crippen LogP contribution in [0.1, 0.15) is 12.8 Å². The maximum absolute atomic E-state index is 10.6. The van der Waals surface area contributed by atoms with E-state index < -0.39 is 0 Å². The topological polar surface area (TPSA) is 35.5 Å². The van der Waals surface area contributed by atoms with Crippen molar-refractivity contribution < 1.29 is 14.3 Å². The molecule has 0 aromatic rings. The number of carbonyl (C=O) groups excluding carboxylic acids is 1. The maximum Gasteiger partial charge on any atom is 0.172 e. The lowest BCUT2D eigenvalue weighted by Crippen LogP contribution is -2.31. The molecular weight excluding hydrogens is 156 g/mol. The molecule has 0 aromatic carbocycles. The Balaban J connectivity index is 1.85. The summed E-state index contributed by atoms with van der Waals surface area (Å²) in [6, 6.07) is 0. The average Bonchev–Trinajstić information content (AvgIpc) is 2.45. The van der Waals surface area contributed by atoms with E-state index in [1.165, 1.54) is 0 Å². The number of aldehydes is 1. The van der Waals surface area contributed by atoms with E-state index in [9.17, 15) is 4.79 Å². The number of rotatable bonds is 1. The first-order valence-corrected chi connectivity index (χ1v) is 4.61. The molecule has 3 aliphatic rings. The summed E-state index contributed by atoms with van der Waals surface area (Å²) >= 11 is 0. The smallest absolute Gasteiger partial charge is 0.172 e. The van der Waals surface area contributed by atoms with Crippen LogP contribution in [-0.2, 0) is 14.3 Å². The minimum Gasteiger partial charge on any atom is -0.347 e. The predicted molar refractivity (Wildman–Crippen MR) is 40.4 cm³/mol. The lowest BCUT2D eigenvalue weighted by Gasteiger charge is -2.24. The molecule has 3 heteroatoms. The first kappa shape index (κ1) is 7.04. The largest absolute Gasteiger partial charge is 0.347 e. The van der Waals surface area contributed by atoms with Crippen LogP contribution in [0.4, 0.5) is 0 Å². The van der Waals surface area contributed by atoms with Gasteiger partial charge in [0, 0.05) is 18.3 Å². The first-order valence-electron chi connectivity index (χ1n) is 4.61. The minimum absolute atomic E-state index is 0.233. The van der Waals surface area contributed by atoms with E-state index >= 15 is 0 Å². The molecule has 1 aliphatic heterocycles. The molecule has 2 saturated carbocycles. The molecule has 2 aliphatic carbocycles. The molecule has 1 heterocycles. The minimum atomic E-state index is -0.337. The Morgan fingerprint density at radius 1 is 1.33 bits per heavy atom. The monoisotopic (exact) mass is 168 g/mol. The molecular formula is C9H12O3. The standard InChI is InChI=1S/C9H12O3/c10-5-7-6-1-2-9(8(6)7)11-3-4-12-9/h5-8H,1-4H2/t6-,7-,8-/m1/s1. The van der Waals surface area contributed by atoms with Crippen molar-refractivity contribution in [3.63, 3.8) is 0 Å². The van der Waals surface area contributed by atoms with Crippen LogP contribution in [0.25, 0.3) is 0 Å². The van der Waals surface area contributed by atoms with Gasteiger partial charge < -0.3 is 14.3 Å². The van der Waals surface area contributed by atoms with Crippen molar-refractivity contribution in [1.82, 2.24) is 0 Å². The van der Waals surface area contributed by atoms with Gasteiger partial charge in [-0.15, -0.1) is 0 Å². The van der Waals surface area contributed by atoms with Crippen molar-refractivity contribution in [2.75, 3.05) is 13.2 Å². The first-order chi connectivity index (χ1) is 5.87. The summed E-state index contributed by atoms with van der Waals surface area (Å²) in [7, 11) is 0. The summed E-state index contributed by atoms with van der Waals surface area (Å²) in [5.74, 6) is 0.853. The van der Waals surface area contributed by atoms with Gasteiger partial charge in [0.15, 0.2) is 5.79 Å². The molecule has 0 bridgehead atoms. The van der Waals surface area contributed by atoms with E-state index in [0.717, 1.165) is 19.1 Å². The molecule has 0 radical (unpaired) electrons. The fourth-order valence-electron chi connectivity index (χ4n) is 2.92. The fourth-order valence-corrected chi connectivity index (χ4v) is 2.92. The molecule has 66 valence electrons. The van der Waals surface area contributed by atoms with E-state index in [1.54, 1.807) is 0 Å². The average molecular weight is 168 g/mol. The fraction of sp³-hybridized carbons (Fsp3) is 0.889. The Morgan fingerprint density at radius 2 is 2.08 bits per heavy atom. The molecule has 0 N–H and O–H groups in total. The Bertz CT molecular complexity index is 214. The van der Waals surface area contributed by atoms with Gasteiger partial charge in [-0.25, -0.2) is 0 Å². The normalized spacial score (nSPS) is 47.8. The SMILES string of the molecule is O=C[C@@H]1[C@H]2CCC3(OCCO3)[C@@H]12. The zero-order chi connectivity index (χ0) is 8.18. The van der Waals surface area contributed by atoms with Crippen LogP contribution in [0.3, 0.4) is 0 Å². The Hall–Kier alpha value is -0.410. The lowest BCUT2D eigenvalue weighted by molar-refractivity contribution is -0.171. The summed E-state index contributed by atoms with van der Waals surface area (Å²) in [5.41, 5.74) is 0. The highest BCUT2D eigenvalue weighted by molar-refractivity contribution is 5.60. The van der Waals surface area contributed by atoms with Gasteiger partial charge in [-0.3, -0.25) is 0 Å². The van der Waals surface area contributed by atoms with Gasteiger partial charge in [-0.2, -0.15) is 0 Å². The van der Waals surface area contributed by atoms with E-state index in [-0.39, 0.29) is 11.7 Å². The molecule has 3 nitrogen and oxygen atoms in total. The van der Waals surface area contributed by atoms with Crippen molar-refractivity contribution in [2.45, 2.75) is 18.6 Å². The van der Waals surface area contributed by atoms with Crippen molar-refractivity contribution in [1.29, 1.82) is 0 Å². The van der Waals surface area contributed by atoms with Gasteiger partial charge >= 0.3 is 0 Å². The molecule has 0 amide bonds. The molecule has 1 saturated heterocycles. The summed E-state index contributed by atoms with van der Waals surface area (Å²) < 4.78 is 11.2. The second-order valence-corrected chi connectivity index (χ2v) is 3.95. The lowest BCUT2D eigenvalue weighted by atomic mass is 10.1. The van der Waals surface area contributed by atoms with Crippen molar-refractivity contribution in [2.24, 2.45) is 17.8 Å². The Labute approximate surface area is 71.0 Å². The van der Waals surface area contributed by atoms with Crippen LogP contribution in [0, 0.1) is 17.8 Å². The molecule has 0 unspecified atom stereocenters. The summed E-state index contributed by atoms with van der Waals surface area (Å²) in [5, 5.41) is 0. The van der Waals surface area contributed by atoms with Crippen LogP contribution in [0.15, 0.2) is 0 Å². The summed E-state index contributed by atoms with van der Waals surface area (Å²) in [4.78, 5) is 10.6. The van der Waals surface area contributed by atoms with E-state index in [2.05, 4.69) is 0 Å². The third kappa shape index (κ3) is 0.666. The number of fused-ring (bicyclic) bond motifs is 2. The van der Waals surface area contributed by atoms with Crippen LogP contribution >= 0.6 is 0 Å². The molecule has 3 rings (SSSR count). The Kier molecular flexibility index (Phi) is 1.23. The highest BCUT2D eigenvalue weighted by Gasteiger charge is 2.68. The molecule has 3 atom stereocenters. The second-order valence-electron chi connectivity index (χ2n) is 3.95. The van der Waals surface area contributed by atoms with Crippen LogP contribution in [-0.4, -0.2) is 25.3 Å². The van der Waals surface area contributed by atoms with Gasteiger partial charge in [0.25, 0.3) is 0 Å². The van der Waals surface area contributed by atoms with Crippen molar-refractivity contribution in [3.05, 3.63) is 0 Å². The van der Waals surface area contributed by atoms with Gasteiger partial charge in [-0.05, 0) is 12.3 Å². The van der Waals surface area contributed by atoms with Crippen LogP contribution in [0.5, 0.6) is 0 Å². The number of ether oxygens (including phenoxy) is 2. The van der Waals surface area contributed by atoms with Gasteiger partial charge in [0.05, 0.1) is 13.2 Å². The Morgan fingerprint density at radius 3 is 2.67 bits per heavy atom. The highest BCUT2D eigenvalue weighted by Crippen LogP contribution is 2.63. The van der Waals surface area contributed by atoms with E-state index in [0.29, 0.717) is 25.0 Å².